The first-order valence-corrected chi connectivity index (χ1v) is 5.82. The number of esters is 2. The standard InChI is InChI=1S/C12H21NO4/c1-12(2,11(15)17-4)8-13-7-5-6-9(13)10(14)16-3/h9H,5-8H2,1-4H3. The second kappa shape index (κ2) is 5.49. The second-order valence-corrected chi connectivity index (χ2v) is 5.03. The fourth-order valence-electron chi connectivity index (χ4n) is 2.27. The maximum Gasteiger partial charge on any atom is 0.323 e. The Hall–Kier alpha value is -1.10. The third-order valence-corrected chi connectivity index (χ3v) is 3.17. The molecule has 1 saturated heterocycles. The van der Waals surface area contributed by atoms with Crippen LogP contribution in [0.15, 0.2) is 0 Å². The van der Waals surface area contributed by atoms with E-state index in [2.05, 4.69) is 0 Å². The van der Waals surface area contributed by atoms with E-state index >= 15 is 0 Å². The highest BCUT2D eigenvalue weighted by molar-refractivity contribution is 5.77. The van der Waals surface area contributed by atoms with Crippen molar-refractivity contribution in [3.05, 3.63) is 0 Å². The van der Waals surface area contributed by atoms with Gasteiger partial charge >= 0.3 is 11.9 Å². The smallest absolute Gasteiger partial charge is 0.323 e. The Morgan fingerprint density at radius 2 is 1.94 bits per heavy atom. The lowest BCUT2D eigenvalue weighted by atomic mass is 9.92. The van der Waals surface area contributed by atoms with Crippen LogP contribution in [0.2, 0.25) is 0 Å². The minimum atomic E-state index is -0.606. The Balaban J connectivity index is 2.67. The summed E-state index contributed by atoms with van der Waals surface area (Å²) in [6.07, 6.45) is 1.75. The quantitative estimate of drug-likeness (QED) is 0.684. The number of rotatable bonds is 4. The molecular weight excluding hydrogens is 222 g/mol. The third-order valence-electron chi connectivity index (χ3n) is 3.17. The molecule has 0 aliphatic carbocycles. The van der Waals surface area contributed by atoms with Crippen LogP contribution < -0.4 is 0 Å². The average Bonchev–Trinajstić information content (AvgIpc) is 2.74. The largest absolute Gasteiger partial charge is 0.469 e. The van der Waals surface area contributed by atoms with Crippen molar-refractivity contribution in [3.8, 4) is 0 Å². The number of likely N-dealkylation sites (tertiary alicyclic amines) is 1. The van der Waals surface area contributed by atoms with Gasteiger partial charge in [0.2, 0.25) is 0 Å². The van der Waals surface area contributed by atoms with E-state index < -0.39 is 5.41 Å². The van der Waals surface area contributed by atoms with E-state index in [0.717, 1.165) is 19.4 Å². The molecule has 0 amide bonds. The van der Waals surface area contributed by atoms with Crippen LogP contribution in [-0.2, 0) is 19.1 Å². The molecule has 98 valence electrons. The maximum absolute atomic E-state index is 11.6. The molecular formula is C12H21NO4. The minimum absolute atomic E-state index is 0.219. The Bertz CT molecular complexity index is 301. The normalized spacial score (nSPS) is 21.3. The zero-order chi connectivity index (χ0) is 13.1. The summed E-state index contributed by atoms with van der Waals surface area (Å²) in [5, 5.41) is 0. The van der Waals surface area contributed by atoms with Crippen molar-refractivity contribution in [1.82, 2.24) is 4.90 Å². The molecule has 1 unspecified atom stereocenters. The van der Waals surface area contributed by atoms with Gasteiger partial charge in [-0.05, 0) is 33.2 Å². The zero-order valence-corrected chi connectivity index (χ0v) is 11.0. The van der Waals surface area contributed by atoms with Crippen LogP contribution in [0.25, 0.3) is 0 Å². The van der Waals surface area contributed by atoms with Gasteiger partial charge in [-0.3, -0.25) is 14.5 Å². The highest BCUT2D eigenvalue weighted by atomic mass is 16.5. The summed E-state index contributed by atoms with van der Waals surface area (Å²) in [5.41, 5.74) is -0.606. The highest BCUT2D eigenvalue weighted by Crippen LogP contribution is 2.25. The molecule has 0 bridgehead atoms. The summed E-state index contributed by atoms with van der Waals surface area (Å²) in [5.74, 6) is -0.476. The number of nitrogens with zero attached hydrogens (tertiary/aromatic N) is 1. The first-order valence-electron chi connectivity index (χ1n) is 5.82. The SMILES string of the molecule is COC(=O)C1CCCN1CC(C)(C)C(=O)OC. The fourth-order valence-corrected chi connectivity index (χ4v) is 2.27. The van der Waals surface area contributed by atoms with Crippen molar-refractivity contribution in [3.63, 3.8) is 0 Å². The van der Waals surface area contributed by atoms with Gasteiger partial charge in [-0.15, -0.1) is 0 Å². The third kappa shape index (κ3) is 3.19. The van der Waals surface area contributed by atoms with Gasteiger partial charge in [0.15, 0.2) is 0 Å². The molecule has 5 heteroatoms. The van der Waals surface area contributed by atoms with E-state index in [1.807, 2.05) is 18.7 Å². The van der Waals surface area contributed by atoms with E-state index in [-0.39, 0.29) is 18.0 Å². The van der Waals surface area contributed by atoms with Gasteiger partial charge in [0, 0.05) is 6.54 Å². The van der Waals surface area contributed by atoms with E-state index in [1.54, 1.807) is 0 Å². The molecule has 1 aliphatic rings. The molecule has 17 heavy (non-hydrogen) atoms. The van der Waals surface area contributed by atoms with Crippen molar-refractivity contribution in [2.24, 2.45) is 5.41 Å². The molecule has 1 atom stereocenters. The monoisotopic (exact) mass is 243 g/mol. The van der Waals surface area contributed by atoms with E-state index in [4.69, 9.17) is 9.47 Å². The molecule has 1 fully saturated rings. The lowest BCUT2D eigenvalue weighted by Crippen LogP contribution is -2.45. The van der Waals surface area contributed by atoms with Crippen molar-refractivity contribution in [2.45, 2.75) is 32.7 Å². The number of hydrogen-bond acceptors (Lipinski definition) is 5. The van der Waals surface area contributed by atoms with Crippen LogP contribution in [0.1, 0.15) is 26.7 Å². The molecule has 0 aromatic carbocycles. The fraction of sp³-hybridized carbons (Fsp3) is 0.833. The number of methoxy groups -OCH3 is 2. The Kier molecular flexibility index (Phi) is 4.51. The van der Waals surface area contributed by atoms with Gasteiger partial charge < -0.3 is 9.47 Å². The van der Waals surface area contributed by atoms with Crippen molar-refractivity contribution in [2.75, 3.05) is 27.3 Å². The molecule has 5 nitrogen and oxygen atoms in total. The van der Waals surface area contributed by atoms with E-state index in [0.29, 0.717) is 6.54 Å². The topological polar surface area (TPSA) is 55.8 Å². The summed E-state index contributed by atoms with van der Waals surface area (Å²) in [4.78, 5) is 25.2. The molecule has 0 aromatic rings. The lowest BCUT2D eigenvalue weighted by molar-refractivity contribution is -0.154. The van der Waals surface area contributed by atoms with Crippen molar-refractivity contribution in [1.29, 1.82) is 0 Å². The van der Waals surface area contributed by atoms with Crippen LogP contribution in [-0.4, -0.2) is 50.2 Å². The summed E-state index contributed by atoms with van der Waals surface area (Å²) in [7, 11) is 2.77. The maximum atomic E-state index is 11.6. The predicted molar refractivity (Wildman–Crippen MR) is 62.4 cm³/mol. The summed E-state index contributed by atoms with van der Waals surface area (Å²) in [6.45, 7) is 4.98. The summed E-state index contributed by atoms with van der Waals surface area (Å²) < 4.78 is 9.53. The number of carbonyl (C=O) groups is 2. The number of ether oxygens (including phenoxy) is 2. The van der Waals surface area contributed by atoms with Crippen LogP contribution in [0.5, 0.6) is 0 Å². The molecule has 1 rings (SSSR count). The van der Waals surface area contributed by atoms with Gasteiger partial charge in [-0.25, -0.2) is 0 Å². The van der Waals surface area contributed by atoms with Crippen LogP contribution in [0, 0.1) is 5.41 Å². The minimum Gasteiger partial charge on any atom is -0.469 e. The second-order valence-electron chi connectivity index (χ2n) is 5.03. The Morgan fingerprint density at radius 3 is 2.47 bits per heavy atom. The molecule has 0 spiro atoms. The van der Waals surface area contributed by atoms with Gasteiger partial charge in [0.25, 0.3) is 0 Å². The van der Waals surface area contributed by atoms with E-state index in [9.17, 15) is 9.59 Å². The Labute approximate surface area is 102 Å². The van der Waals surface area contributed by atoms with Gasteiger partial charge in [0.1, 0.15) is 6.04 Å². The number of carbonyl (C=O) groups excluding carboxylic acids is 2. The summed E-state index contributed by atoms with van der Waals surface area (Å²) >= 11 is 0. The van der Waals surface area contributed by atoms with Crippen LogP contribution in [0.4, 0.5) is 0 Å². The van der Waals surface area contributed by atoms with Gasteiger partial charge in [-0.1, -0.05) is 0 Å². The molecule has 0 aromatic heterocycles. The van der Waals surface area contributed by atoms with Gasteiger partial charge in [-0.2, -0.15) is 0 Å². The average molecular weight is 243 g/mol. The molecule has 0 saturated carbocycles. The van der Waals surface area contributed by atoms with Gasteiger partial charge in [0.05, 0.1) is 19.6 Å². The molecule has 0 radical (unpaired) electrons. The summed E-state index contributed by atoms with van der Waals surface area (Å²) in [6, 6.07) is -0.219. The van der Waals surface area contributed by atoms with Crippen LogP contribution >= 0.6 is 0 Å². The zero-order valence-electron chi connectivity index (χ0n) is 11.0. The van der Waals surface area contributed by atoms with Crippen molar-refractivity contribution < 1.29 is 19.1 Å². The Morgan fingerprint density at radius 1 is 1.29 bits per heavy atom. The lowest BCUT2D eigenvalue weighted by Gasteiger charge is -2.30. The molecule has 1 heterocycles. The van der Waals surface area contributed by atoms with Crippen molar-refractivity contribution >= 4 is 11.9 Å². The first-order chi connectivity index (χ1) is 7.92. The molecule has 1 aliphatic heterocycles. The van der Waals surface area contributed by atoms with Crippen LogP contribution in [0.3, 0.4) is 0 Å². The van der Waals surface area contributed by atoms with E-state index in [1.165, 1.54) is 14.2 Å². The number of hydrogen-bond donors (Lipinski definition) is 0. The molecule has 0 N–H and O–H groups in total. The highest BCUT2D eigenvalue weighted by Gasteiger charge is 2.38. The predicted octanol–water partition coefficient (Wildman–Crippen LogP) is 0.823. The first kappa shape index (κ1) is 14.0.